The van der Waals surface area contributed by atoms with Gasteiger partial charge in [-0.25, -0.2) is 13.6 Å². The van der Waals surface area contributed by atoms with Crippen molar-refractivity contribution in [3.05, 3.63) is 33.7 Å². The average Bonchev–Trinajstić information content (AvgIpc) is 2.03. The van der Waals surface area contributed by atoms with Gasteiger partial charge in [-0.15, -0.1) is 0 Å². The van der Waals surface area contributed by atoms with Crippen molar-refractivity contribution in [1.82, 2.24) is 4.98 Å². The van der Waals surface area contributed by atoms with Gasteiger partial charge in [-0.1, -0.05) is 0 Å². The first kappa shape index (κ1) is 9.37. The van der Waals surface area contributed by atoms with E-state index in [4.69, 9.17) is 5.11 Å². The molecule has 1 heterocycles. The summed E-state index contributed by atoms with van der Waals surface area (Å²) in [6.45, 7) is 0. The highest BCUT2D eigenvalue weighted by Crippen LogP contribution is 2.20. The summed E-state index contributed by atoms with van der Waals surface area (Å²) in [6, 6.07) is 0.629. The topological polar surface area (TPSA) is 70.2 Å². The van der Waals surface area contributed by atoms with Gasteiger partial charge in [0.1, 0.15) is 0 Å². The summed E-state index contributed by atoms with van der Waals surface area (Å²) in [6.07, 6.45) is -2.21. The molecule has 1 aromatic rings. The van der Waals surface area contributed by atoms with E-state index >= 15 is 0 Å². The Morgan fingerprint density at radius 3 is 2.62 bits per heavy atom. The van der Waals surface area contributed by atoms with E-state index in [0.29, 0.717) is 12.3 Å². The first-order valence-corrected chi connectivity index (χ1v) is 3.26. The van der Waals surface area contributed by atoms with Crippen LogP contribution in [0.3, 0.4) is 0 Å². The van der Waals surface area contributed by atoms with Crippen molar-refractivity contribution in [3.8, 4) is 0 Å². The highest BCUT2D eigenvalue weighted by molar-refractivity contribution is 5.89. The molecular weight excluding hydrogens is 184 g/mol. The molecule has 6 heteroatoms. The van der Waals surface area contributed by atoms with Crippen LogP contribution in [0.25, 0.3) is 0 Å². The lowest BCUT2D eigenvalue weighted by Crippen LogP contribution is -2.12. The van der Waals surface area contributed by atoms with Crippen LogP contribution in [0.15, 0.2) is 17.1 Å². The van der Waals surface area contributed by atoms with Crippen LogP contribution in [-0.4, -0.2) is 16.1 Å². The first-order chi connectivity index (χ1) is 6.02. The monoisotopic (exact) mass is 189 g/mol. The smallest absolute Gasteiger partial charge is 0.336 e. The molecule has 2 N–H and O–H groups in total. The van der Waals surface area contributed by atoms with Crippen molar-refractivity contribution >= 4 is 5.97 Å². The fourth-order valence-corrected chi connectivity index (χ4v) is 0.848. The number of carboxylic acids is 1. The Balaban J connectivity index is 3.35. The second-order valence-electron chi connectivity index (χ2n) is 2.27. The van der Waals surface area contributed by atoms with Crippen molar-refractivity contribution in [2.24, 2.45) is 0 Å². The number of hydrogen-bond donors (Lipinski definition) is 2. The molecule has 0 radical (unpaired) electrons. The fourth-order valence-electron chi connectivity index (χ4n) is 0.848. The Kier molecular flexibility index (Phi) is 2.41. The van der Waals surface area contributed by atoms with Crippen LogP contribution in [-0.2, 0) is 0 Å². The largest absolute Gasteiger partial charge is 0.478 e. The molecule has 0 aliphatic heterocycles. The quantitative estimate of drug-likeness (QED) is 0.729. The Morgan fingerprint density at radius 2 is 2.15 bits per heavy atom. The SMILES string of the molecule is O=C(O)c1cc(=O)[nH]cc1C(F)F. The van der Waals surface area contributed by atoms with Crippen molar-refractivity contribution in [2.75, 3.05) is 0 Å². The molecule has 0 atom stereocenters. The average molecular weight is 189 g/mol. The molecule has 0 fully saturated rings. The van der Waals surface area contributed by atoms with Crippen molar-refractivity contribution in [1.29, 1.82) is 0 Å². The standard InChI is InChI=1S/C7H5F2NO3/c8-6(9)4-2-10-5(11)1-3(4)7(12)13/h1-2,6H,(H,10,11)(H,12,13). The van der Waals surface area contributed by atoms with Gasteiger partial charge in [-0.2, -0.15) is 0 Å². The molecule has 0 spiro atoms. The van der Waals surface area contributed by atoms with Crippen LogP contribution in [0.5, 0.6) is 0 Å². The molecule has 1 aromatic heterocycles. The summed E-state index contributed by atoms with van der Waals surface area (Å²) < 4.78 is 24.3. The molecule has 1 rings (SSSR count). The summed E-state index contributed by atoms with van der Waals surface area (Å²) in [5, 5.41) is 8.45. The molecule has 0 unspecified atom stereocenters. The molecule has 0 bridgehead atoms. The number of alkyl halides is 2. The number of H-pyrrole nitrogens is 1. The Morgan fingerprint density at radius 1 is 1.54 bits per heavy atom. The number of aromatic nitrogens is 1. The van der Waals surface area contributed by atoms with Crippen molar-refractivity contribution in [3.63, 3.8) is 0 Å². The van der Waals surface area contributed by atoms with E-state index in [9.17, 15) is 18.4 Å². The molecule has 0 aliphatic carbocycles. The molecule has 70 valence electrons. The first-order valence-electron chi connectivity index (χ1n) is 3.26. The maximum atomic E-state index is 12.1. The second-order valence-corrected chi connectivity index (χ2v) is 2.27. The molecule has 4 nitrogen and oxygen atoms in total. The number of carboxylic acid groups (broad SMARTS) is 1. The summed E-state index contributed by atoms with van der Waals surface area (Å²) >= 11 is 0. The van der Waals surface area contributed by atoms with Gasteiger partial charge in [-0.05, 0) is 0 Å². The van der Waals surface area contributed by atoms with Gasteiger partial charge in [0.2, 0.25) is 5.56 Å². The molecule has 0 saturated carbocycles. The second kappa shape index (κ2) is 3.34. The zero-order chi connectivity index (χ0) is 10.0. The number of aromatic carboxylic acids is 1. The van der Waals surface area contributed by atoms with Crippen molar-refractivity contribution in [2.45, 2.75) is 6.43 Å². The predicted molar refractivity (Wildman–Crippen MR) is 39.0 cm³/mol. The van der Waals surface area contributed by atoms with Gasteiger partial charge in [0, 0.05) is 17.8 Å². The minimum Gasteiger partial charge on any atom is -0.478 e. The van der Waals surface area contributed by atoms with Crippen LogP contribution in [0, 0.1) is 0 Å². The molecule has 0 aliphatic rings. The molecule has 13 heavy (non-hydrogen) atoms. The van der Waals surface area contributed by atoms with Crippen LogP contribution in [0.1, 0.15) is 22.3 Å². The zero-order valence-corrected chi connectivity index (χ0v) is 6.25. The number of aromatic amines is 1. The number of hydrogen-bond acceptors (Lipinski definition) is 2. The number of halogens is 2. The van der Waals surface area contributed by atoms with Crippen LogP contribution >= 0.6 is 0 Å². The maximum absolute atomic E-state index is 12.1. The van der Waals surface area contributed by atoms with E-state index in [1.54, 1.807) is 0 Å². The number of nitrogens with one attached hydrogen (secondary N) is 1. The normalized spacial score (nSPS) is 10.4. The lowest BCUT2D eigenvalue weighted by atomic mass is 10.1. The van der Waals surface area contributed by atoms with Gasteiger partial charge >= 0.3 is 5.97 Å². The van der Waals surface area contributed by atoms with Gasteiger partial charge in [0.05, 0.1) is 5.56 Å². The summed E-state index contributed by atoms with van der Waals surface area (Å²) in [5.41, 5.74) is -2.08. The maximum Gasteiger partial charge on any atom is 0.336 e. The van der Waals surface area contributed by atoms with Gasteiger partial charge in [-0.3, -0.25) is 4.79 Å². The highest BCUT2D eigenvalue weighted by Gasteiger charge is 2.17. The van der Waals surface area contributed by atoms with E-state index in [2.05, 4.69) is 0 Å². The number of carbonyl (C=O) groups is 1. The Bertz CT molecular complexity index is 386. The van der Waals surface area contributed by atoms with Gasteiger partial charge in [0.15, 0.2) is 0 Å². The van der Waals surface area contributed by atoms with Crippen LogP contribution in [0.4, 0.5) is 8.78 Å². The van der Waals surface area contributed by atoms with Crippen LogP contribution in [0.2, 0.25) is 0 Å². The van der Waals surface area contributed by atoms with Gasteiger partial charge < -0.3 is 10.1 Å². The van der Waals surface area contributed by atoms with Crippen LogP contribution < -0.4 is 5.56 Å². The van der Waals surface area contributed by atoms with Gasteiger partial charge in [0.25, 0.3) is 6.43 Å². The lowest BCUT2D eigenvalue weighted by molar-refractivity contribution is 0.0684. The summed E-state index contributed by atoms with van der Waals surface area (Å²) in [4.78, 5) is 23.0. The summed E-state index contributed by atoms with van der Waals surface area (Å²) in [5.74, 6) is -1.54. The zero-order valence-electron chi connectivity index (χ0n) is 6.25. The Labute approximate surface area is 70.8 Å². The lowest BCUT2D eigenvalue weighted by Gasteiger charge is -2.02. The number of rotatable bonds is 2. The van der Waals surface area contributed by atoms with E-state index in [1.165, 1.54) is 0 Å². The third kappa shape index (κ3) is 1.90. The van der Waals surface area contributed by atoms with E-state index in [0.717, 1.165) is 0 Å². The van der Waals surface area contributed by atoms with Crippen molar-refractivity contribution < 1.29 is 18.7 Å². The third-order valence-electron chi connectivity index (χ3n) is 1.42. The summed E-state index contributed by atoms with van der Waals surface area (Å²) in [7, 11) is 0. The van der Waals surface area contributed by atoms with E-state index < -0.39 is 29.1 Å². The highest BCUT2D eigenvalue weighted by atomic mass is 19.3. The van der Waals surface area contributed by atoms with E-state index in [-0.39, 0.29) is 0 Å². The van der Waals surface area contributed by atoms with E-state index in [1.807, 2.05) is 4.98 Å². The number of pyridine rings is 1. The fraction of sp³-hybridized carbons (Fsp3) is 0.143. The predicted octanol–water partition coefficient (Wildman–Crippen LogP) is 1.01. The molecule has 0 saturated heterocycles. The molecular formula is C7H5F2NO3. The molecule has 0 aromatic carbocycles. The minimum absolute atomic E-state index is 0.629. The third-order valence-corrected chi connectivity index (χ3v) is 1.42. The minimum atomic E-state index is -2.91. The Hall–Kier alpha value is -1.72. The molecule has 0 amide bonds.